The molecule has 2 atom stereocenters. The number of carboxylic acid groups (broad SMARTS) is 1. The highest BCUT2D eigenvalue weighted by atomic mass is 16.4. The lowest BCUT2D eigenvalue weighted by atomic mass is 9.82. The molecule has 14 heavy (non-hydrogen) atoms. The van der Waals surface area contributed by atoms with Crippen molar-refractivity contribution in [2.45, 2.75) is 32.6 Å². The fourth-order valence-corrected chi connectivity index (χ4v) is 2.04. The van der Waals surface area contributed by atoms with Crippen molar-refractivity contribution < 1.29 is 14.7 Å². The van der Waals surface area contributed by atoms with Crippen LogP contribution in [0, 0.1) is 11.8 Å². The van der Waals surface area contributed by atoms with Gasteiger partial charge < -0.3 is 10.4 Å². The minimum absolute atomic E-state index is 0.00667. The summed E-state index contributed by atoms with van der Waals surface area (Å²) in [6, 6.07) is 0. The molecule has 1 aliphatic heterocycles. The molecule has 0 bridgehead atoms. The lowest BCUT2D eigenvalue weighted by Gasteiger charge is -2.27. The van der Waals surface area contributed by atoms with Crippen LogP contribution in [0.2, 0.25) is 0 Å². The number of carbonyl (C=O) groups is 2. The van der Waals surface area contributed by atoms with Crippen molar-refractivity contribution in [2.24, 2.45) is 11.8 Å². The smallest absolute Gasteiger partial charge is 0.303 e. The molecular formula is C10H17NO3. The van der Waals surface area contributed by atoms with Gasteiger partial charge in [0, 0.05) is 18.9 Å². The van der Waals surface area contributed by atoms with Crippen LogP contribution in [-0.4, -0.2) is 23.5 Å². The maximum atomic E-state index is 11.5. The van der Waals surface area contributed by atoms with Crippen molar-refractivity contribution >= 4 is 11.9 Å². The third kappa shape index (κ3) is 2.72. The van der Waals surface area contributed by atoms with Gasteiger partial charge in [0.25, 0.3) is 0 Å². The molecule has 2 N–H and O–H groups in total. The summed E-state index contributed by atoms with van der Waals surface area (Å²) >= 11 is 0. The Bertz CT molecular complexity index is 227. The molecule has 0 aromatic rings. The van der Waals surface area contributed by atoms with Crippen LogP contribution in [0.25, 0.3) is 0 Å². The lowest BCUT2D eigenvalue weighted by molar-refractivity contribution is -0.139. The third-order valence-corrected chi connectivity index (χ3v) is 2.86. The number of carboxylic acids is 1. The second-order valence-electron chi connectivity index (χ2n) is 3.81. The quantitative estimate of drug-likeness (QED) is 0.710. The number of hydrogen-bond acceptors (Lipinski definition) is 2. The zero-order valence-corrected chi connectivity index (χ0v) is 8.45. The number of piperidine rings is 1. The highest BCUT2D eigenvalue weighted by Gasteiger charge is 2.30. The first kappa shape index (κ1) is 11.0. The molecule has 2 unspecified atom stereocenters. The summed E-state index contributed by atoms with van der Waals surface area (Å²) in [6.07, 6.45) is 2.66. The minimum Gasteiger partial charge on any atom is -0.481 e. The minimum atomic E-state index is -0.810. The Hall–Kier alpha value is -1.06. The topological polar surface area (TPSA) is 66.4 Å². The van der Waals surface area contributed by atoms with Crippen LogP contribution < -0.4 is 5.32 Å². The van der Waals surface area contributed by atoms with Gasteiger partial charge >= 0.3 is 5.97 Å². The number of nitrogens with one attached hydrogen (secondary N) is 1. The van der Waals surface area contributed by atoms with E-state index in [0.717, 1.165) is 25.8 Å². The first-order valence-electron chi connectivity index (χ1n) is 5.14. The van der Waals surface area contributed by atoms with E-state index in [0.29, 0.717) is 0 Å². The van der Waals surface area contributed by atoms with Gasteiger partial charge in [0.15, 0.2) is 0 Å². The van der Waals surface area contributed by atoms with E-state index in [2.05, 4.69) is 5.32 Å². The molecule has 4 heteroatoms. The van der Waals surface area contributed by atoms with Gasteiger partial charge in [-0.15, -0.1) is 0 Å². The highest BCUT2D eigenvalue weighted by Crippen LogP contribution is 2.26. The predicted octanol–water partition coefficient (Wildman–Crippen LogP) is 1.01. The summed E-state index contributed by atoms with van der Waals surface area (Å²) < 4.78 is 0. The standard InChI is InChI=1S/C10H17NO3/c1-2-7(6-9(12)13)8-4-3-5-11-10(8)14/h7-8H,2-6H2,1H3,(H,11,14)(H,12,13). The number of aliphatic carboxylic acids is 1. The molecule has 0 saturated carbocycles. The van der Waals surface area contributed by atoms with Crippen LogP contribution in [0.3, 0.4) is 0 Å². The lowest BCUT2D eigenvalue weighted by Crippen LogP contribution is -2.40. The van der Waals surface area contributed by atoms with Crippen LogP contribution >= 0.6 is 0 Å². The van der Waals surface area contributed by atoms with E-state index in [1.54, 1.807) is 0 Å². The fourth-order valence-electron chi connectivity index (χ4n) is 2.04. The second-order valence-corrected chi connectivity index (χ2v) is 3.81. The summed E-state index contributed by atoms with van der Waals surface area (Å²) in [5, 5.41) is 11.5. The Balaban J connectivity index is 2.57. The molecule has 0 aromatic carbocycles. The fraction of sp³-hybridized carbons (Fsp3) is 0.800. The summed E-state index contributed by atoms with van der Waals surface area (Å²) in [7, 11) is 0. The normalized spacial score (nSPS) is 24.1. The van der Waals surface area contributed by atoms with Crippen LogP contribution in [0.5, 0.6) is 0 Å². The molecule has 4 nitrogen and oxygen atoms in total. The monoisotopic (exact) mass is 199 g/mol. The van der Waals surface area contributed by atoms with Crippen LogP contribution in [0.1, 0.15) is 32.6 Å². The van der Waals surface area contributed by atoms with E-state index in [1.165, 1.54) is 0 Å². The summed E-state index contributed by atoms with van der Waals surface area (Å²) in [5.41, 5.74) is 0. The van der Waals surface area contributed by atoms with Gasteiger partial charge in [-0.3, -0.25) is 9.59 Å². The van der Waals surface area contributed by atoms with Crippen molar-refractivity contribution in [1.82, 2.24) is 5.32 Å². The Labute approximate surface area is 83.7 Å². The van der Waals surface area contributed by atoms with Crippen molar-refractivity contribution in [3.8, 4) is 0 Å². The van der Waals surface area contributed by atoms with Crippen LogP contribution in [-0.2, 0) is 9.59 Å². The SMILES string of the molecule is CCC(CC(=O)O)C1CCCNC1=O. The van der Waals surface area contributed by atoms with E-state index in [4.69, 9.17) is 5.11 Å². The zero-order valence-electron chi connectivity index (χ0n) is 8.45. The largest absolute Gasteiger partial charge is 0.481 e. The average Bonchev–Trinajstić information content (AvgIpc) is 2.15. The Morgan fingerprint density at radius 3 is 2.93 bits per heavy atom. The van der Waals surface area contributed by atoms with Crippen molar-refractivity contribution in [2.75, 3.05) is 6.54 Å². The summed E-state index contributed by atoms with van der Waals surface area (Å²) in [6.45, 7) is 2.67. The van der Waals surface area contributed by atoms with E-state index < -0.39 is 5.97 Å². The first-order chi connectivity index (χ1) is 6.65. The molecule has 0 radical (unpaired) electrons. The van der Waals surface area contributed by atoms with Gasteiger partial charge in [-0.25, -0.2) is 0 Å². The number of amides is 1. The van der Waals surface area contributed by atoms with Gasteiger partial charge in [-0.2, -0.15) is 0 Å². The van der Waals surface area contributed by atoms with Crippen LogP contribution in [0.15, 0.2) is 0 Å². The molecule has 1 heterocycles. The molecule has 0 aliphatic carbocycles. The van der Waals surface area contributed by atoms with E-state index in [9.17, 15) is 9.59 Å². The summed E-state index contributed by atoms with van der Waals surface area (Å²) in [4.78, 5) is 22.1. The van der Waals surface area contributed by atoms with Crippen molar-refractivity contribution in [3.63, 3.8) is 0 Å². The van der Waals surface area contributed by atoms with Gasteiger partial charge in [0.2, 0.25) is 5.91 Å². The zero-order chi connectivity index (χ0) is 10.6. The molecule has 1 aliphatic rings. The molecule has 1 rings (SSSR count). The number of rotatable bonds is 4. The molecule has 80 valence electrons. The van der Waals surface area contributed by atoms with Crippen molar-refractivity contribution in [1.29, 1.82) is 0 Å². The molecule has 0 spiro atoms. The maximum Gasteiger partial charge on any atom is 0.303 e. The second kappa shape index (κ2) is 4.98. The molecule has 0 aromatic heterocycles. The van der Waals surface area contributed by atoms with Gasteiger partial charge in [-0.05, 0) is 18.8 Å². The Morgan fingerprint density at radius 1 is 1.71 bits per heavy atom. The Morgan fingerprint density at radius 2 is 2.43 bits per heavy atom. The van der Waals surface area contributed by atoms with Gasteiger partial charge in [0.05, 0.1) is 0 Å². The van der Waals surface area contributed by atoms with Crippen molar-refractivity contribution in [3.05, 3.63) is 0 Å². The molecule has 1 amide bonds. The molecular weight excluding hydrogens is 182 g/mol. The Kier molecular flexibility index (Phi) is 3.92. The summed E-state index contributed by atoms with van der Waals surface area (Å²) in [5.74, 6) is -0.878. The van der Waals surface area contributed by atoms with E-state index in [-0.39, 0.29) is 24.2 Å². The molecule has 1 fully saturated rings. The maximum absolute atomic E-state index is 11.5. The van der Waals surface area contributed by atoms with Crippen LogP contribution in [0.4, 0.5) is 0 Å². The highest BCUT2D eigenvalue weighted by molar-refractivity contribution is 5.80. The number of hydrogen-bond donors (Lipinski definition) is 2. The van der Waals surface area contributed by atoms with Gasteiger partial charge in [-0.1, -0.05) is 13.3 Å². The predicted molar refractivity (Wildman–Crippen MR) is 51.8 cm³/mol. The first-order valence-corrected chi connectivity index (χ1v) is 5.14. The van der Waals surface area contributed by atoms with E-state index >= 15 is 0 Å². The van der Waals surface area contributed by atoms with Gasteiger partial charge in [0.1, 0.15) is 0 Å². The number of carbonyl (C=O) groups excluding carboxylic acids is 1. The van der Waals surface area contributed by atoms with E-state index in [1.807, 2.05) is 6.92 Å². The average molecular weight is 199 g/mol. The third-order valence-electron chi connectivity index (χ3n) is 2.86. The molecule has 1 saturated heterocycles.